The molecule has 0 spiro atoms. The Hall–Kier alpha value is -1.43. The van der Waals surface area contributed by atoms with Crippen LogP contribution in [0.4, 0.5) is 0 Å². The summed E-state index contributed by atoms with van der Waals surface area (Å²) in [5.74, 6) is 0.968. The van der Waals surface area contributed by atoms with E-state index >= 15 is 0 Å². The van der Waals surface area contributed by atoms with E-state index in [1.807, 2.05) is 0 Å². The van der Waals surface area contributed by atoms with Crippen molar-refractivity contribution in [1.29, 1.82) is 0 Å². The summed E-state index contributed by atoms with van der Waals surface area (Å²) in [6, 6.07) is 0. The highest BCUT2D eigenvalue weighted by atomic mass is 16.1. The van der Waals surface area contributed by atoms with Gasteiger partial charge in [-0.2, -0.15) is 5.10 Å². The SMILES string of the molecule is CC1CCN(CCCNC(=O)CCn2cncn2)CC1. The molecule has 1 aromatic rings. The van der Waals surface area contributed by atoms with Crippen LogP contribution in [-0.2, 0) is 11.3 Å². The van der Waals surface area contributed by atoms with E-state index in [4.69, 9.17) is 0 Å². The van der Waals surface area contributed by atoms with Crippen LogP contribution in [0.2, 0.25) is 0 Å². The van der Waals surface area contributed by atoms with E-state index in [0.717, 1.165) is 25.4 Å². The maximum absolute atomic E-state index is 11.6. The zero-order chi connectivity index (χ0) is 14.2. The predicted octanol–water partition coefficient (Wildman–Crippen LogP) is 0.906. The largest absolute Gasteiger partial charge is 0.356 e. The van der Waals surface area contributed by atoms with Gasteiger partial charge in [-0.3, -0.25) is 9.48 Å². The lowest BCUT2D eigenvalue weighted by Crippen LogP contribution is -2.35. The summed E-state index contributed by atoms with van der Waals surface area (Å²) in [6.45, 7) is 7.20. The summed E-state index contributed by atoms with van der Waals surface area (Å²) < 4.78 is 1.68. The first-order valence-corrected chi connectivity index (χ1v) is 7.55. The number of carbonyl (C=O) groups excluding carboxylic acids is 1. The molecule has 0 aromatic carbocycles. The molecule has 20 heavy (non-hydrogen) atoms. The Bertz CT molecular complexity index is 384. The van der Waals surface area contributed by atoms with Crippen LogP contribution in [0, 0.1) is 5.92 Å². The molecule has 1 amide bonds. The Balaban J connectivity index is 1.49. The van der Waals surface area contributed by atoms with Crippen molar-refractivity contribution in [1.82, 2.24) is 25.0 Å². The molecule has 1 fully saturated rings. The van der Waals surface area contributed by atoms with Crippen molar-refractivity contribution in [2.24, 2.45) is 5.92 Å². The number of rotatable bonds is 7. The second-order valence-electron chi connectivity index (χ2n) is 5.64. The molecule has 6 nitrogen and oxygen atoms in total. The Morgan fingerprint density at radius 3 is 2.85 bits per heavy atom. The van der Waals surface area contributed by atoms with Crippen LogP contribution in [0.1, 0.15) is 32.6 Å². The number of piperidine rings is 1. The minimum atomic E-state index is 0.0905. The first-order valence-electron chi connectivity index (χ1n) is 7.55. The standard InChI is InChI=1S/C14H25N5O/c1-13-3-8-18(9-4-13)7-2-6-16-14(20)5-10-19-12-15-11-17-19/h11-13H,2-10H2,1H3,(H,16,20). The molecule has 1 aromatic heterocycles. The molecule has 2 heterocycles. The topological polar surface area (TPSA) is 63.1 Å². The van der Waals surface area contributed by atoms with Gasteiger partial charge in [0.2, 0.25) is 5.91 Å². The molecule has 0 unspecified atom stereocenters. The normalized spacial score (nSPS) is 17.2. The third-order valence-electron chi connectivity index (χ3n) is 3.88. The van der Waals surface area contributed by atoms with Gasteiger partial charge in [-0.1, -0.05) is 6.92 Å². The summed E-state index contributed by atoms with van der Waals surface area (Å²) >= 11 is 0. The first kappa shape index (κ1) is 15.0. The quantitative estimate of drug-likeness (QED) is 0.754. The van der Waals surface area contributed by atoms with E-state index in [1.165, 1.54) is 32.3 Å². The third-order valence-corrected chi connectivity index (χ3v) is 3.88. The van der Waals surface area contributed by atoms with Crippen LogP contribution >= 0.6 is 0 Å². The number of nitrogens with zero attached hydrogens (tertiary/aromatic N) is 4. The van der Waals surface area contributed by atoms with Crippen LogP contribution in [-0.4, -0.2) is 51.8 Å². The number of carbonyl (C=O) groups is 1. The lowest BCUT2D eigenvalue weighted by Gasteiger charge is -2.30. The summed E-state index contributed by atoms with van der Waals surface area (Å²) in [5, 5.41) is 6.94. The second-order valence-corrected chi connectivity index (χ2v) is 5.64. The lowest BCUT2D eigenvalue weighted by atomic mass is 9.99. The second kappa shape index (κ2) is 7.99. The van der Waals surface area contributed by atoms with Crippen molar-refractivity contribution < 1.29 is 4.79 Å². The molecule has 0 saturated carbocycles. The van der Waals surface area contributed by atoms with Crippen LogP contribution in [0.3, 0.4) is 0 Å². The van der Waals surface area contributed by atoms with Crippen molar-refractivity contribution in [3.8, 4) is 0 Å². The highest BCUT2D eigenvalue weighted by Crippen LogP contribution is 2.15. The van der Waals surface area contributed by atoms with Gasteiger partial charge in [-0.05, 0) is 44.8 Å². The van der Waals surface area contributed by atoms with Gasteiger partial charge in [-0.25, -0.2) is 4.98 Å². The number of aromatic nitrogens is 3. The number of likely N-dealkylation sites (tertiary alicyclic amines) is 1. The molecular weight excluding hydrogens is 254 g/mol. The lowest BCUT2D eigenvalue weighted by molar-refractivity contribution is -0.121. The van der Waals surface area contributed by atoms with Crippen LogP contribution < -0.4 is 5.32 Å². The molecule has 0 bridgehead atoms. The van der Waals surface area contributed by atoms with Gasteiger partial charge in [0.15, 0.2) is 0 Å². The number of nitrogens with one attached hydrogen (secondary N) is 1. The molecular formula is C14H25N5O. The summed E-state index contributed by atoms with van der Waals surface area (Å²) in [5.41, 5.74) is 0. The van der Waals surface area contributed by atoms with Crippen LogP contribution in [0.5, 0.6) is 0 Å². The molecule has 1 N–H and O–H groups in total. The average Bonchev–Trinajstić information content (AvgIpc) is 2.96. The number of hydrogen-bond acceptors (Lipinski definition) is 4. The molecule has 1 aliphatic heterocycles. The van der Waals surface area contributed by atoms with Gasteiger partial charge in [0.25, 0.3) is 0 Å². The van der Waals surface area contributed by atoms with Crippen molar-refractivity contribution >= 4 is 5.91 Å². The highest BCUT2D eigenvalue weighted by molar-refractivity contribution is 5.75. The Labute approximate surface area is 120 Å². The minimum absolute atomic E-state index is 0.0905. The molecule has 6 heteroatoms. The fourth-order valence-electron chi connectivity index (χ4n) is 2.47. The van der Waals surface area contributed by atoms with Gasteiger partial charge in [0.1, 0.15) is 12.7 Å². The van der Waals surface area contributed by atoms with E-state index in [1.54, 1.807) is 11.0 Å². The maximum atomic E-state index is 11.6. The Morgan fingerprint density at radius 2 is 2.15 bits per heavy atom. The maximum Gasteiger partial charge on any atom is 0.221 e. The van der Waals surface area contributed by atoms with Crippen LogP contribution in [0.15, 0.2) is 12.7 Å². The smallest absolute Gasteiger partial charge is 0.221 e. The van der Waals surface area contributed by atoms with Crippen molar-refractivity contribution in [3.05, 3.63) is 12.7 Å². The molecule has 1 aliphatic rings. The predicted molar refractivity (Wildman–Crippen MR) is 77.1 cm³/mol. The first-order chi connectivity index (χ1) is 9.74. The third kappa shape index (κ3) is 5.28. The molecule has 0 aliphatic carbocycles. The van der Waals surface area contributed by atoms with Gasteiger partial charge >= 0.3 is 0 Å². The van der Waals surface area contributed by atoms with Gasteiger partial charge < -0.3 is 10.2 Å². The fourth-order valence-corrected chi connectivity index (χ4v) is 2.47. The molecule has 0 radical (unpaired) electrons. The fraction of sp³-hybridized carbons (Fsp3) is 0.786. The monoisotopic (exact) mass is 279 g/mol. The minimum Gasteiger partial charge on any atom is -0.356 e. The molecule has 112 valence electrons. The van der Waals surface area contributed by atoms with Gasteiger partial charge in [0.05, 0.1) is 6.54 Å². The molecule has 1 saturated heterocycles. The summed E-state index contributed by atoms with van der Waals surface area (Å²) in [7, 11) is 0. The van der Waals surface area contributed by atoms with E-state index in [0.29, 0.717) is 13.0 Å². The Morgan fingerprint density at radius 1 is 1.35 bits per heavy atom. The van der Waals surface area contributed by atoms with E-state index in [2.05, 4.69) is 27.2 Å². The van der Waals surface area contributed by atoms with Gasteiger partial charge in [0, 0.05) is 13.0 Å². The molecule has 2 rings (SSSR count). The molecule has 0 atom stereocenters. The zero-order valence-corrected chi connectivity index (χ0v) is 12.3. The number of amides is 1. The average molecular weight is 279 g/mol. The summed E-state index contributed by atoms with van der Waals surface area (Å²) in [4.78, 5) is 18.0. The van der Waals surface area contributed by atoms with Gasteiger partial charge in [-0.15, -0.1) is 0 Å². The van der Waals surface area contributed by atoms with E-state index < -0.39 is 0 Å². The van der Waals surface area contributed by atoms with Crippen LogP contribution in [0.25, 0.3) is 0 Å². The highest BCUT2D eigenvalue weighted by Gasteiger charge is 2.14. The van der Waals surface area contributed by atoms with E-state index in [-0.39, 0.29) is 5.91 Å². The van der Waals surface area contributed by atoms with Crippen molar-refractivity contribution in [2.45, 2.75) is 39.2 Å². The number of aryl methyl sites for hydroxylation is 1. The summed E-state index contributed by atoms with van der Waals surface area (Å²) in [6.07, 6.45) is 7.23. The zero-order valence-electron chi connectivity index (χ0n) is 12.3. The Kier molecular flexibility index (Phi) is 5.98. The number of hydrogen-bond donors (Lipinski definition) is 1. The van der Waals surface area contributed by atoms with Crippen molar-refractivity contribution in [2.75, 3.05) is 26.2 Å². The van der Waals surface area contributed by atoms with E-state index in [9.17, 15) is 4.79 Å². The van der Waals surface area contributed by atoms with Crippen molar-refractivity contribution in [3.63, 3.8) is 0 Å².